The molecule has 5 unspecified atom stereocenters. The number of benzene rings is 3. The second-order valence-corrected chi connectivity index (χ2v) is 9.31. The summed E-state index contributed by atoms with van der Waals surface area (Å²) < 4.78 is 5.66. The van der Waals surface area contributed by atoms with Gasteiger partial charge in [0.1, 0.15) is 18.5 Å². The van der Waals surface area contributed by atoms with Crippen molar-refractivity contribution >= 4 is 5.78 Å². The van der Waals surface area contributed by atoms with Gasteiger partial charge < -0.3 is 30.7 Å². The maximum absolute atomic E-state index is 12.5. The van der Waals surface area contributed by atoms with Crippen molar-refractivity contribution in [3.8, 4) is 5.75 Å². The van der Waals surface area contributed by atoms with Crippen LogP contribution >= 0.6 is 0 Å². The van der Waals surface area contributed by atoms with Crippen LogP contribution in [0.15, 0.2) is 84.9 Å². The molecule has 0 saturated heterocycles. The standard InChI is InChI=1S/C30H38N2O5/c1-21(29(35)24-9-5-3-6-10-24)31-18-17-28(34)23-13-15-27(16-14-23)37-20-26(33)19-32-22(2)30(36)25-11-7-4-8-12-25/h3-16,21-22,26,29-33,35-36H,17-20H2,1-2H3. The van der Waals surface area contributed by atoms with Crippen molar-refractivity contribution < 1.29 is 24.9 Å². The highest BCUT2D eigenvalue weighted by Crippen LogP contribution is 2.18. The van der Waals surface area contributed by atoms with Gasteiger partial charge in [-0.1, -0.05) is 60.7 Å². The van der Waals surface area contributed by atoms with Crippen molar-refractivity contribution in [3.05, 3.63) is 102 Å². The van der Waals surface area contributed by atoms with Gasteiger partial charge in [0, 0.05) is 37.2 Å². The van der Waals surface area contributed by atoms with E-state index in [0.717, 1.165) is 11.1 Å². The number of hydrogen-bond donors (Lipinski definition) is 5. The molecule has 0 fully saturated rings. The van der Waals surface area contributed by atoms with E-state index in [9.17, 15) is 20.1 Å². The number of carbonyl (C=O) groups is 1. The van der Waals surface area contributed by atoms with E-state index in [4.69, 9.17) is 4.74 Å². The van der Waals surface area contributed by atoms with E-state index >= 15 is 0 Å². The van der Waals surface area contributed by atoms with E-state index in [1.807, 2.05) is 74.5 Å². The summed E-state index contributed by atoms with van der Waals surface area (Å²) in [5.74, 6) is 0.557. The fraction of sp³-hybridized carbons (Fsp3) is 0.367. The molecule has 198 valence electrons. The quantitative estimate of drug-likeness (QED) is 0.201. The van der Waals surface area contributed by atoms with Gasteiger partial charge in [0.05, 0.1) is 12.2 Å². The molecule has 7 heteroatoms. The molecule has 37 heavy (non-hydrogen) atoms. The third kappa shape index (κ3) is 9.07. The maximum atomic E-state index is 12.5. The van der Waals surface area contributed by atoms with Crippen LogP contribution in [0, 0.1) is 0 Å². The van der Waals surface area contributed by atoms with Crippen LogP contribution < -0.4 is 15.4 Å². The van der Waals surface area contributed by atoms with E-state index in [2.05, 4.69) is 10.6 Å². The molecular weight excluding hydrogens is 468 g/mol. The Hall–Kier alpha value is -3.07. The van der Waals surface area contributed by atoms with Crippen LogP contribution in [0.2, 0.25) is 0 Å². The predicted molar refractivity (Wildman–Crippen MR) is 145 cm³/mol. The lowest BCUT2D eigenvalue weighted by Crippen LogP contribution is -2.39. The Balaban J connectivity index is 1.35. The van der Waals surface area contributed by atoms with Gasteiger partial charge >= 0.3 is 0 Å². The number of rotatable bonds is 15. The van der Waals surface area contributed by atoms with E-state index < -0.39 is 18.3 Å². The Morgan fingerprint density at radius 1 is 0.757 bits per heavy atom. The van der Waals surface area contributed by atoms with Crippen molar-refractivity contribution in [2.24, 2.45) is 0 Å². The Kier molecular flexibility index (Phi) is 11.3. The molecule has 0 aromatic heterocycles. The number of nitrogens with one attached hydrogen (secondary N) is 2. The van der Waals surface area contributed by atoms with Gasteiger partial charge in [-0.25, -0.2) is 0 Å². The van der Waals surface area contributed by atoms with Crippen LogP contribution in [0.3, 0.4) is 0 Å². The zero-order valence-corrected chi connectivity index (χ0v) is 21.5. The molecule has 3 rings (SSSR count). The zero-order chi connectivity index (χ0) is 26.6. The molecular formula is C30H38N2O5. The average molecular weight is 507 g/mol. The van der Waals surface area contributed by atoms with Crippen molar-refractivity contribution in [1.82, 2.24) is 10.6 Å². The number of carbonyl (C=O) groups excluding carboxylic acids is 1. The molecule has 7 nitrogen and oxygen atoms in total. The minimum Gasteiger partial charge on any atom is -0.491 e. The highest BCUT2D eigenvalue weighted by molar-refractivity contribution is 5.96. The Morgan fingerprint density at radius 2 is 1.27 bits per heavy atom. The van der Waals surface area contributed by atoms with Crippen LogP contribution in [0.5, 0.6) is 5.75 Å². The SMILES string of the molecule is CC(NCCC(=O)c1ccc(OCC(O)CNC(C)C(O)c2ccccc2)cc1)C(O)c1ccccc1. The minimum atomic E-state index is -0.758. The smallest absolute Gasteiger partial charge is 0.164 e. The summed E-state index contributed by atoms with van der Waals surface area (Å²) in [5, 5.41) is 37.5. The lowest BCUT2D eigenvalue weighted by Gasteiger charge is -2.22. The number of hydrogen-bond acceptors (Lipinski definition) is 7. The van der Waals surface area contributed by atoms with Gasteiger partial charge in [-0.15, -0.1) is 0 Å². The average Bonchev–Trinajstić information content (AvgIpc) is 2.95. The van der Waals surface area contributed by atoms with Crippen LogP contribution in [-0.4, -0.2) is 59.0 Å². The third-order valence-corrected chi connectivity index (χ3v) is 6.34. The summed E-state index contributed by atoms with van der Waals surface area (Å²) >= 11 is 0. The number of aliphatic hydroxyl groups is 3. The molecule has 5 atom stereocenters. The summed E-state index contributed by atoms with van der Waals surface area (Å²) in [4.78, 5) is 12.5. The number of ketones is 1. The fourth-order valence-electron chi connectivity index (χ4n) is 3.97. The van der Waals surface area contributed by atoms with E-state index in [1.165, 1.54) is 0 Å². The second-order valence-electron chi connectivity index (χ2n) is 9.31. The molecule has 0 aliphatic carbocycles. The molecule has 3 aromatic rings. The number of aliphatic hydroxyl groups excluding tert-OH is 3. The van der Waals surface area contributed by atoms with Gasteiger partial charge in [0.15, 0.2) is 5.78 Å². The first-order valence-electron chi connectivity index (χ1n) is 12.7. The van der Waals surface area contributed by atoms with Crippen LogP contribution in [0.4, 0.5) is 0 Å². The van der Waals surface area contributed by atoms with Crippen molar-refractivity contribution in [3.63, 3.8) is 0 Å². The molecule has 0 aliphatic heterocycles. The van der Waals surface area contributed by atoms with Crippen LogP contribution in [0.1, 0.15) is 54.0 Å². The van der Waals surface area contributed by atoms with E-state index in [-0.39, 0.29) is 31.0 Å². The van der Waals surface area contributed by atoms with Gasteiger partial charge in [-0.3, -0.25) is 4.79 Å². The first kappa shape index (κ1) is 28.5. The molecule has 5 N–H and O–H groups in total. The lowest BCUT2D eigenvalue weighted by molar-refractivity contribution is 0.0875. The van der Waals surface area contributed by atoms with E-state index in [1.54, 1.807) is 24.3 Å². The third-order valence-electron chi connectivity index (χ3n) is 6.34. The summed E-state index contributed by atoms with van der Waals surface area (Å²) in [6, 6.07) is 25.3. The molecule has 0 bridgehead atoms. The summed E-state index contributed by atoms with van der Waals surface area (Å²) in [6.45, 7) is 4.57. The fourth-order valence-corrected chi connectivity index (χ4v) is 3.97. The number of Topliss-reactive ketones (excluding diaryl/α,β-unsaturated/α-hetero) is 1. The zero-order valence-electron chi connectivity index (χ0n) is 21.5. The molecule has 0 radical (unpaired) electrons. The van der Waals surface area contributed by atoms with Crippen LogP contribution in [-0.2, 0) is 0 Å². The predicted octanol–water partition coefficient (Wildman–Crippen LogP) is 3.42. The summed E-state index contributed by atoms with van der Waals surface area (Å²) in [5.41, 5.74) is 2.24. The maximum Gasteiger partial charge on any atom is 0.164 e. The first-order valence-corrected chi connectivity index (χ1v) is 12.7. The Bertz CT molecular complexity index is 1060. The number of ether oxygens (including phenoxy) is 1. The van der Waals surface area contributed by atoms with Crippen molar-refractivity contribution in [1.29, 1.82) is 0 Å². The Morgan fingerprint density at radius 3 is 1.81 bits per heavy atom. The molecule has 0 spiro atoms. The molecule has 0 aliphatic rings. The normalized spacial score (nSPS) is 15.4. The molecule has 0 heterocycles. The van der Waals surface area contributed by atoms with Crippen molar-refractivity contribution in [2.75, 3.05) is 19.7 Å². The van der Waals surface area contributed by atoms with Crippen LogP contribution in [0.25, 0.3) is 0 Å². The van der Waals surface area contributed by atoms with Gasteiger partial charge in [0.2, 0.25) is 0 Å². The molecule has 0 saturated carbocycles. The topological polar surface area (TPSA) is 111 Å². The Labute approximate surface area is 219 Å². The molecule has 3 aromatic carbocycles. The van der Waals surface area contributed by atoms with Gasteiger partial charge in [0.25, 0.3) is 0 Å². The van der Waals surface area contributed by atoms with Gasteiger partial charge in [-0.2, -0.15) is 0 Å². The van der Waals surface area contributed by atoms with Crippen molar-refractivity contribution in [2.45, 2.75) is 50.7 Å². The summed E-state index contributed by atoms with van der Waals surface area (Å²) in [6.07, 6.45) is -1.77. The minimum absolute atomic E-state index is 0.00403. The monoisotopic (exact) mass is 506 g/mol. The van der Waals surface area contributed by atoms with Gasteiger partial charge in [-0.05, 0) is 49.2 Å². The highest BCUT2D eigenvalue weighted by atomic mass is 16.5. The first-order chi connectivity index (χ1) is 17.8. The highest BCUT2D eigenvalue weighted by Gasteiger charge is 2.18. The summed E-state index contributed by atoms with van der Waals surface area (Å²) in [7, 11) is 0. The lowest BCUT2D eigenvalue weighted by atomic mass is 10.0. The largest absolute Gasteiger partial charge is 0.491 e. The second kappa shape index (κ2) is 14.6. The van der Waals surface area contributed by atoms with E-state index in [0.29, 0.717) is 24.3 Å². The molecule has 0 amide bonds.